The lowest BCUT2D eigenvalue weighted by Gasteiger charge is -2.57. The first-order valence-electron chi connectivity index (χ1n) is 11.7. The Bertz CT molecular complexity index is 981. The van der Waals surface area contributed by atoms with Gasteiger partial charge in [-0.1, -0.05) is 23.9 Å². The second-order valence-corrected chi connectivity index (χ2v) is 11.6. The first-order chi connectivity index (χ1) is 15.0. The van der Waals surface area contributed by atoms with Gasteiger partial charge in [0.15, 0.2) is 11.0 Å². The second kappa shape index (κ2) is 7.32. The third-order valence-electron chi connectivity index (χ3n) is 7.77. The molecule has 1 aromatic carbocycles. The van der Waals surface area contributed by atoms with E-state index in [1.165, 1.54) is 37.1 Å². The van der Waals surface area contributed by atoms with Crippen LogP contribution in [-0.4, -0.2) is 31.5 Å². The van der Waals surface area contributed by atoms with E-state index in [4.69, 9.17) is 0 Å². The van der Waals surface area contributed by atoms with Crippen molar-refractivity contribution in [2.75, 3.05) is 0 Å². The summed E-state index contributed by atoms with van der Waals surface area (Å²) >= 11 is 1.45. The number of nitrogens with one attached hydrogen (secondary N) is 1. The average molecular weight is 441 g/mol. The molecule has 5 saturated carbocycles. The number of benzene rings is 1. The van der Waals surface area contributed by atoms with E-state index in [0.29, 0.717) is 22.6 Å². The minimum Gasteiger partial charge on any atom is -0.350 e. The van der Waals surface area contributed by atoms with Crippen molar-refractivity contribution in [3.8, 4) is 11.4 Å². The van der Waals surface area contributed by atoms with Crippen molar-refractivity contribution < 1.29 is 9.18 Å². The number of nitrogens with zero attached hydrogens (tertiary/aromatic N) is 3. The SMILES string of the molecule is CC(Sc1nnc(-c2ccccc2F)n1C1CC1)C(=O)NC12CC3CC(CC(C3)C1)C2. The van der Waals surface area contributed by atoms with Gasteiger partial charge in [-0.25, -0.2) is 4.39 Å². The fourth-order valence-electron chi connectivity index (χ4n) is 6.68. The zero-order valence-electron chi connectivity index (χ0n) is 17.9. The van der Waals surface area contributed by atoms with Crippen LogP contribution in [0.4, 0.5) is 4.39 Å². The highest BCUT2D eigenvalue weighted by Gasteiger charge is 2.51. The summed E-state index contributed by atoms with van der Waals surface area (Å²) in [5.74, 6) is 2.78. The Kier molecular flexibility index (Phi) is 4.67. The molecule has 0 radical (unpaired) electrons. The topological polar surface area (TPSA) is 59.8 Å². The van der Waals surface area contributed by atoms with Gasteiger partial charge in [-0.3, -0.25) is 9.36 Å². The molecule has 0 aliphatic heterocycles. The van der Waals surface area contributed by atoms with Crippen molar-refractivity contribution in [2.45, 2.75) is 80.3 Å². The van der Waals surface area contributed by atoms with Crippen LogP contribution in [0.5, 0.6) is 0 Å². The maximum atomic E-state index is 14.4. The molecule has 31 heavy (non-hydrogen) atoms. The maximum Gasteiger partial charge on any atom is 0.233 e. The molecule has 5 aliphatic rings. The lowest BCUT2D eigenvalue weighted by Crippen LogP contribution is -2.60. The van der Waals surface area contributed by atoms with Crippen molar-refractivity contribution in [3.05, 3.63) is 30.1 Å². The maximum absolute atomic E-state index is 14.4. The van der Waals surface area contributed by atoms with Crippen LogP contribution in [0.3, 0.4) is 0 Å². The fraction of sp³-hybridized carbons (Fsp3) is 0.625. The summed E-state index contributed by atoms with van der Waals surface area (Å²) in [4.78, 5) is 13.2. The zero-order chi connectivity index (χ0) is 21.2. The van der Waals surface area contributed by atoms with Crippen molar-refractivity contribution in [1.82, 2.24) is 20.1 Å². The Morgan fingerprint density at radius 1 is 1.13 bits per heavy atom. The zero-order valence-corrected chi connectivity index (χ0v) is 18.7. The molecule has 1 aromatic heterocycles. The second-order valence-electron chi connectivity index (χ2n) is 10.3. The van der Waals surface area contributed by atoms with Crippen molar-refractivity contribution in [2.24, 2.45) is 17.8 Å². The van der Waals surface area contributed by atoms with E-state index in [0.717, 1.165) is 49.9 Å². The number of hydrogen-bond donors (Lipinski definition) is 1. The molecule has 1 unspecified atom stereocenters. The molecule has 5 fully saturated rings. The van der Waals surface area contributed by atoms with Crippen molar-refractivity contribution >= 4 is 17.7 Å². The van der Waals surface area contributed by atoms with Gasteiger partial charge in [0.1, 0.15) is 5.82 Å². The number of hydrogen-bond acceptors (Lipinski definition) is 4. The molecule has 1 amide bonds. The molecular weight excluding hydrogens is 411 g/mol. The van der Waals surface area contributed by atoms with E-state index >= 15 is 0 Å². The third-order valence-corrected chi connectivity index (χ3v) is 8.83. The number of halogens is 1. The Hall–Kier alpha value is -1.89. The van der Waals surface area contributed by atoms with Gasteiger partial charge in [-0.05, 0) is 88.2 Å². The summed E-state index contributed by atoms with van der Waals surface area (Å²) in [7, 11) is 0. The highest BCUT2D eigenvalue weighted by molar-refractivity contribution is 8.00. The Balaban J connectivity index is 1.20. The predicted octanol–water partition coefficient (Wildman–Crippen LogP) is 4.98. The normalized spacial score (nSPS) is 32.3. The Morgan fingerprint density at radius 2 is 1.77 bits per heavy atom. The number of thioether (sulfide) groups is 1. The molecule has 1 atom stereocenters. The van der Waals surface area contributed by atoms with Gasteiger partial charge < -0.3 is 5.32 Å². The van der Waals surface area contributed by atoms with Gasteiger partial charge in [0.05, 0.1) is 10.8 Å². The largest absolute Gasteiger partial charge is 0.350 e. The van der Waals surface area contributed by atoms with E-state index in [1.807, 2.05) is 17.6 Å². The lowest BCUT2D eigenvalue weighted by molar-refractivity contribution is -0.126. The summed E-state index contributed by atoms with van der Waals surface area (Å²) in [5, 5.41) is 12.6. The van der Waals surface area contributed by atoms with Crippen LogP contribution < -0.4 is 5.32 Å². The van der Waals surface area contributed by atoms with E-state index in [9.17, 15) is 9.18 Å². The van der Waals surface area contributed by atoms with Crippen molar-refractivity contribution in [1.29, 1.82) is 0 Å². The van der Waals surface area contributed by atoms with Crippen LogP contribution in [-0.2, 0) is 4.79 Å². The van der Waals surface area contributed by atoms with Crippen LogP contribution in [0.15, 0.2) is 29.4 Å². The molecule has 0 saturated heterocycles. The lowest BCUT2D eigenvalue weighted by atomic mass is 9.53. The van der Waals surface area contributed by atoms with Crippen LogP contribution in [0.25, 0.3) is 11.4 Å². The first kappa shape index (κ1) is 19.8. The summed E-state index contributed by atoms with van der Waals surface area (Å²) < 4.78 is 16.4. The quantitative estimate of drug-likeness (QED) is 0.643. The summed E-state index contributed by atoms with van der Waals surface area (Å²) in [5.41, 5.74) is 0.489. The van der Waals surface area contributed by atoms with Gasteiger partial charge in [-0.15, -0.1) is 10.2 Å². The van der Waals surface area contributed by atoms with Gasteiger partial charge >= 0.3 is 0 Å². The molecule has 1 heterocycles. The minimum absolute atomic E-state index is 0.0170. The molecule has 5 nitrogen and oxygen atoms in total. The number of rotatable bonds is 6. The Labute approximate surface area is 186 Å². The van der Waals surface area contributed by atoms with E-state index in [2.05, 4.69) is 15.5 Å². The van der Waals surface area contributed by atoms with Gasteiger partial charge in [0, 0.05) is 11.6 Å². The summed E-state index contributed by atoms with van der Waals surface area (Å²) in [6.07, 6.45) is 9.63. The monoisotopic (exact) mass is 440 g/mol. The fourth-order valence-corrected chi connectivity index (χ4v) is 7.60. The van der Waals surface area contributed by atoms with Crippen LogP contribution in [0, 0.1) is 23.6 Å². The standard InChI is InChI=1S/C24H29FN4OS/c1-14(22(30)26-24-11-15-8-16(12-24)10-17(9-15)13-24)31-23-28-27-21(29(23)18-6-7-18)19-4-2-3-5-20(19)25/h2-5,14-18H,6-13H2,1H3,(H,26,30). The van der Waals surface area contributed by atoms with E-state index in [1.54, 1.807) is 12.1 Å². The first-order valence-corrected chi connectivity index (χ1v) is 12.6. The molecular formula is C24H29FN4OS. The predicted molar refractivity (Wildman–Crippen MR) is 118 cm³/mol. The third kappa shape index (κ3) is 3.59. The van der Waals surface area contributed by atoms with Crippen molar-refractivity contribution in [3.63, 3.8) is 0 Å². The van der Waals surface area contributed by atoms with Gasteiger partial charge in [0.25, 0.3) is 0 Å². The van der Waals surface area contributed by atoms with Gasteiger partial charge in [0.2, 0.25) is 5.91 Å². The van der Waals surface area contributed by atoms with Gasteiger partial charge in [-0.2, -0.15) is 0 Å². The minimum atomic E-state index is -0.291. The van der Waals surface area contributed by atoms with Crippen LogP contribution in [0.2, 0.25) is 0 Å². The number of carbonyl (C=O) groups excluding carboxylic acids is 1. The molecule has 7 heteroatoms. The summed E-state index contributed by atoms with van der Waals surface area (Å²) in [6, 6.07) is 7.00. The number of aromatic nitrogens is 3. The molecule has 5 aliphatic carbocycles. The molecule has 1 N–H and O–H groups in total. The highest BCUT2D eigenvalue weighted by atomic mass is 32.2. The van der Waals surface area contributed by atoms with Crippen LogP contribution >= 0.6 is 11.8 Å². The highest BCUT2D eigenvalue weighted by Crippen LogP contribution is 2.55. The Morgan fingerprint density at radius 3 is 2.39 bits per heavy atom. The average Bonchev–Trinajstić information content (AvgIpc) is 3.47. The van der Waals surface area contributed by atoms with E-state index < -0.39 is 0 Å². The smallest absolute Gasteiger partial charge is 0.233 e. The number of amides is 1. The number of carbonyl (C=O) groups is 1. The molecule has 164 valence electrons. The molecule has 7 rings (SSSR count). The van der Waals surface area contributed by atoms with E-state index in [-0.39, 0.29) is 22.5 Å². The molecule has 4 bridgehead atoms. The molecule has 0 spiro atoms. The molecule has 2 aromatic rings. The van der Waals surface area contributed by atoms with Crippen LogP contribution in [0.1, 0.15) is 64.3 Å². The summed E-state index contributed by atoms with van der Waals surface area (Å²) in [6.45, 7) is 1.95.